The van der Waals surface area contributed by atoms with Gasteiger partial charge >= 0.3 is 5.97 Å². The average Bonchev–Trinajstić information content (AvgIpc) is 2.62. The molecule has 4 saturated carbocycles. The van der Waals surface area contributed by atoms with Gasteiger partial charge in [-0.05, 0) is 69.8 Å². The zero-order chi connectivity index (χ0) is 19.9. The molecule has 0 radical (unpaired) electrons. The smallest absolute Gasteiger partial charge is 0.312 e. The maximum atomic E-state index is 13.0. The second-order valence-corrected chi connectivity index (χ2v) is 9.64. The van der Waals surface area contributed by atoms with E-state index in [-0.39, 0.29) is 24.5 Å². The van der Waals surface area contributed by atoms with E-state index in [2.05, 4.69) is 0 Å². The number of carbonyl (C=O) groups excluding carboxylic acids is 2. The Balaban J connectivity index is 1.39. The second kappa shape index (κ2) is 7.18. The van der Waals surface area contributed by atoms with Crippen molar-refractivity contribution in [3.05, 3.63) is 35.9 Å². The number of carbonyl (C=O) groups is 2. The number of amides is 1. The topological polar surface area (TPSA) is 66.8 Å². The maximum absolute atomic E-state index is 13.0. The minimum atomic E-state index is -0.704. The lowest BCUT2D eigenvalue weighted by atomic mass is 9.48. The zero-order valence-electron chi connectivity index (χ0n) is 16.9. The molecule has 4 aliphatic rings. The Labute approximate surface area is 167 Å². The molecule has 5 heteroatoms. The van der Waals surface area contributed by atoms with Crippen LogP contribution in [0, 0.1) is 17.3 Å². The van der Waals surface area contributed by atoms with E-state index in [9.17, 15) is 14.7 Å². The van der Waals surface area contributed by atoms with E-state index >= 15 is 0 Å². The van der Waals surface area contributed by atoms with Crippen LogP contribution < -0.4 is 0 Å². The van der Waals surface area contributed by atoms with Gasteiger partial charge in [-0.1, -0.05) is 30.3 Å². The Bertz CT molecular complexity index is 730. The third-order valence-electron chi connectivity index (χ3n) is 6.93. The molecule has 1 N–H and O–H groups in total. The molecule has 1 amide bonds. The Morgan fingerprint density at radius 1 is 1.14 bits per heavy atom. The first-order valence-corrected chi connectivity index (χ1v) is 10.5. The van der Waals surface area contributed by atoms with Crippen molar-refractivity contribution in [1.82, 2.24) is 4.90 Å². The summed E-state index contributed by atoms with van der Waals surface area (Å²) in [6.07, 6.45) is 4.85. The molecule has 28 heavy (non-hydrogen) atoms. The van der Waals surface area contributed by atoms with E-state index in [1.807, 2.05) is 44.2 Å². The van der Waals surface area contributed by atoms with E-state index in [4.69, 9.17) is 4.74 Å². The fourth-order valence-electron chi connectivity index (χ4n) is 6.16. The van der Waals surface area contributed by atoms with Crippen LogP contribution in [0.4, 0.5) is 0 Å². The predicted octanol–water partition coefficient (Wildman–Crippen LogP) is 3.30. The van der Waals surface area contributed by atoms with Gasteiger partial charge in [0.25, 0.3) is 5.91 Å². The van der Waals surface area contributed by atoms with Crippen LogP contribution in [0.1, 0.15) is 57.9 Å². The standard InChI is InChI=1S/C23H31NO4/c1-16(2)24(13-17-6-4-3-5-7-17)20(25)14-28-21(26)22-9-18-8-19(10-22)12-23(27,11-18)15-22/h3-7,16,18-19,27H,8-15H2,1-2H3/t18-,19+,22?,23?. The molecule has 152 valence electrons. The number of ether oxygens (including phenoxy) is 1. The van der Waals surface area contributed by atoms with E-state index in [1.165, 1.54) is 0 Å². The lowest BCUT2D eigenvalue weighted by molar-refractivity contribution is -0.197. The summed E-state index contributed by atoms with van der Waals surface area (Å²) in [5, 5.41) is 10.8. The number of rotatable bonds is 6. The molecule has 4 bridgehead atoms. The van der Waals surface area contributed by atoms with Gasteiger partial charge in [-0.15, -0.1) is 0 Å². The molecule has 0 aromatic heterocycles. The quantitative estimate of drug-likeness (QED) is 0.763. The fourth-order valence-corrected chi connectivity index (χ4v) is 6.16. The van der Waals surface area contributed by atoms with E-state index < -0.39 is 11.0 Å². The van der Waals surface area contributed by atoms with Gasteiger partial charge in [0, 0.05) is 12.6 Å². The van der Waals surface area contributed by atoms with E-state index in [0.717, 1.165) is 37.7 Å². The molecule has 0 heterocycles. The first kappa shape index (κ1) is 19.4. The van der Waals surface area contributed by atoms with Gasteiger partial charge in [0.1, 0.15) is 0 Å². The summed E-state index contributed by atoms with van der Waals surface area (Å²) in [6, 6.07) is 9.86. The third kappa shape index (κ3) is 3.69. The number of hydrogen-bond donors (Lipinski definition) is 1. The summed E-state index contributed by atoms with van der Waals surface area (Å²) in [5.41, 5.74) is -0.231. The minimum absolute atomic E-state index is 0.0201. The highest BCUT2D eigenvalue weighted by molar-refractivity contribution is 5.83. The van der Waals surface area contributed by atoms with Crippen LogP contribution in [0.25, 0.3) is 0 Å². The largest absolute Gasteiger partial charge is 0.455 e. The van der Waals surface area contributed by atoms with Gasteiger partial charge in [0.2, 0.25) is 0 Å². The summed E-state index contributed by atoms with van der Waals surface area (Å²) in [4.78, 5) is 27.5. The number of hydrogen-bond acceptors (Lipinski definition) is 4. The van der Waals surface area contributed by atoms with Gasteiger partial charge in [-0.25, -0.2) is 0 Å². The van der Waals surface area contributed by atoms with Crippen molar-refractivity contribution in [3.63, 3.8) is 0 Å². The van der Waals surface area contributed by atoms with Gasteiger partial charge in [0.05, 0.1) is 11.0 Å². The van der Waals surface area contributed by atoms with Gasteiger partial charge in [-0.2, -0.15) is 0 Å². The number of esters is 1. The molecule has 0 saturated heterocycles. The highest BCUT2D eigenvalue weighted by Gasteiger charge is 2.60. The van der Waals surface area contributed by atoms with Gasteiger partial charge in [0.15, 0.2) is 6.61 Å². The number of benzene rings is 1. The molecule has 5 rings (SSSR count). The molecule has 2 unspecified atom stereocenters. The highest BCUT2D eigenvalue weighted by Crippen LogP contribution is 2.61. The maximum Gasteiger partial charge on any atom is 0.312 e. The lowest BCUT2D eigenvalue weighted by Crippen LogP contribution is -2.58. The van der Waals surface area contributed by atoms with Crippen LogP contribution in [0.3, 0.4) is 0 Å². The third-order valence-corrected chi connectivity index (χ3v) is 6.93. The van der Waals surface area contributed by atoms with Crippen LogP contribution in [0.5, 0.6) is 0 Å². The van der Waals surface area contributed by atoms with Crippen molar-refractivity contribution in [1.29, 1.82) is 0 Å². The highest BCUT2D eigenvalue weighted by atomic mass is 16.5. The fraction of sp³-hybridized carbons (Fsp3) is 0.652. The molecule has 1 aromatic rings. The Kier molecular flexibility index (Phi) is 4.98. The molecule has 1 aromatic carbocycles. The van der Waals surface area contributed by atoms with Crippen molar-refractivity contribution >= 4 is 11.9 Å². The molecular weight excluding hydrogens is 354 g/mol. The Hall–Kier alpha value is -1.88. The van der Waals surface area contributed by atoms with E-state index in [0.29, 0.717) is 24.8 Å². The molecule has 4 atom stereocenters. The van der Waals surface area contributed by atoms with Crippen LogP contribution in [0.2, 0.25) is 0 Å². The summed E-state index contributed by atoms with van der Waals surface area (Å²) >= 11 is 0. The summed E-state index contributed by atoms with van der Waals surface area (Å²) in [7, 11) is 0. The van der Waals surface area contributed by atoms with Crippen LogP contribution in [0.15, 0.2) is 30.3 Å². The summed E-state index contributed by atoms with van der Waals surface area (Å²) < 4.78 is 5.56. The van der Waals surface area contributed by atoms with Crippen molar-refractivity contribution < 1.29 is 19.4 Å². The molecule has 0 spiro atoms. The number of aliphatic hydroxyl groups is 1. The van der Waals surface area contributed by atoms with E-state index in [1.54, 1.807) is 4.90 Å². The Morgan fingerprint density at radius 3 is 2.36 bits per heavy atom. The van der Waals surface area contributed by atoms with Crippen LogP contribution in [-0.2, 0) is 20.9 Å². The Morgan fingerprint density at radius 2 is 1.79 bits per heavy atom. The lowest BCUT2D eigenvalue weighted by Gasteiger charge is -2.58. The summed E-state index contributed by atoms with van der Waals surface area (Å²) in [5.74, 6) is 0.381. The molecule has 5 nitrogen and oxygen atoms in total. The first-order chi connectivity index (χ1) is 13.3. The normalized spacial score (nSPS) is 33.1. The van der Waals surface area contributed by atoms with Gasteiger partial charge < -0.3 is 14.7 Å². The average molecular weight is 386 g/mol. The monoisotopic (exact) mass is 385 g/mol. The SMILES string of the molecule is CC(C)N(Cc1ccccc1)C(=O)COC(=O)C12C[C@@H]3C[C@@H](CC(O)(C3)C1)C2. The first-order valence-electron chi connectivity index (χ1n) is 10.5. The summed E-state index contributed by atoms with van der Waals surface area (Å²) in [6.45, 7) is 4.22. The van der Waals surface area contributed by atoms with Crippen molar-refractivity contribution in [3.8, 4) is 0 Å². The molecule has 4 fully saturated rings. The molecule has 4 aliphatic carbocycles. The van der Waals surface area contributed by atoms with Crippen LogP contribution >= 0.6 is 0 Å². The second-order valence-electron chi connectivity index (χ2n) is 9.64. The minimum Gasteiger partial charge on any atom is -0.455 e. The number of nitrogens with zero attached hydrogens (tertiary/aromatic N) is 1. The predicted molar refractivity (Wildman–Crippen MR) is 105 cm³/mol. The van der Waals surface area contributed by atoms with Crippen molar-refractivity contribution in [2.75, 3.05) is 6.61 Å². The molecule has 0 aliphatic heterocycles. The zero-order valence-corrected chi connectivity index (χ0v) is 16.9. The molecular formula is C23H31NO4. The van der Waals surface area contributed by atoms with Crippen LogP contribution in [-0.4, -0.2) is 40.1 Å². The van der Waals surface area contributed by atoms with Crippen molar-refractivity contribution in [2.45, 2.75) is 70.6 Å². The van der Waals surface area contributed by atoms with Crippen molar-refractivity contribution in [2.24, 2.45) is 17.3 Å². The van der Waals surface area contributed by atoms with Gasteiger partial charge in [-0.3, -0.25) is 9.59 Å².